The molecule has 2 heterocycles. The lowest BCUT2D eigenvalue weighted by Crippen LogP contribution is -2.47. The van der Waals surface area contributed by atoms with Gasteiger partial charge in [-0.1, -0.05) is 0 Å². The first-order valence-electron chi connectivity index (χ1n) is 9.33. The Balaban J connectivity index is 2.12. The Morgan fingerprint density at radius 3 is 2.46 bits per heavy atom. The van der Waals surface area contributed by atoms with E-state index in [0.29, 0.717) is 18.7 Å². The van der Waals surface area contributed by atoms with Crippen LogP contribution in [0.3, 0.4) is 0 Å². The summed E-state index contributed by atoms with van der Waals surface area (Å²) < 4.78 is 5.72. The molecule has 2 rings (SSSR count). The second kappa shape index (κ2) is 9.50. The van der Waals surface area contributed by atoms with Crippen molar-refractivity contribution < 1.29 is 24.2 Å². The molecule has 0 aliphatic carbocycles. The van der Waals surface area contributed by atoms with Crippen molar-refractivity contribution in [2.45, 2.75) is 45.9 Å². The summed E-state index contributed by atoms with van der Waals surface area (Å²) in [6, 6.07) is 2.38. The summed E-state index contributed by atoms with van der Waals surface area (Å²) >= 11 is 0. The Bertz CT molecular complexity index is 699. The van der Waals surface area contributed by atoms with Crippen molar-refractivity contribution in [1.82, 2.24) is 15.2 Å². The topological polar surface area (TPSA) is 112 Å². The standard InChI is InChI=1S/C19H28N4O5/c1-12-10-22(11-13(2)28-12)17-6-5-16(9-21-17)18(25)23(14(3)19(26)27)8-7-20-15(4)24/h5-6,9,12-14H,7-8,10-11H2,1-4H3,(H,20,24)(H,26,27). The zero-order valence-electron chi connectivity index (χ0n) is 16.7. The fourth-order valence-electron chi connectivity index (χ4n) is 3.19. The number of pyridine rings is 1. The molecule has 0 radical (unpaired) electrons. The van der Waals surface area contributed by atoms with Gasteiger partial charge in [0.05, 0.1) is 17.8 Å². The van der Waals surface area contributed by atoms with Gasteiger partial charge in [0.1, 0.15) is 11.9 Å². The minimum atomic E-state index is -1.11. The monoisotopic (exact) mass is 392 g/mol. The minimum absolute atomic E-state index is 0.0894. The lowest BCUT2D eigenvalue weighted by atomic mass is 10.2. The molecule has 1 aliphatic rings. The average molecular weight is 392 g/mol. The number of ether oxygens (including phenoxy) is 1. The van der Waals surface area contributed by atoms with E-state index in [4.69, 9.17) is 4.74 Å². The van der Waals surface area contributed by atoms with E-state index in [-0.39, 0.29) is 31.2 Å². The normalized spacial score (nSPS) is 20.4. The summed E-state index contributed by atoms with van der Waals surface area (Å²) in [7, 11) is 0. The van der Waals surface area contributed by atoms with Gasteiger partial charge in [-0.2, -0.15) is 0 Å². The van der Waals surface area contributed by atoms with Crippen LogP contribution in [0.5, 0.6) is 0 Å². The van der Waals surface area contributed by atoms with E-state index in [1.165, 1.54) is 24.9 Å². The van der Waals surface area contributed by atoms with E-state index in [9.17, 15) is 19.5 Å². The van der Waals surface area contributed by atoms with Crippen molar-refractivity contribution in [3.63, 3.8) is 0 Å². The van der Waals surface area contributed by atoms with Crippen molar-refractivity contribution in [2.24, 2.45) is 0 Å². The minimum Gasteiger partial charge on any atom is -0.480 e. The molecule has 0 aromatic carbocycles. The van der Waals surface area contributed by atoms with Crippen molar-refractivity contribution in [1.29, 1.82) is 0 Å². The molecule has 2 N–H and O–H groups in total. The summed E-state index contributed by atoms with van der Waals surface area (Å²) in [6.45, 7) is 8.49. The Labute approximate surface area is 164 Å². The van der Waals surface area contributed by atoms with Gasteiger partial charge in [-0.05, 0) is 32.9 Å². The number of nitrogens with zero attached hydrogens (tertiary/aromatic N) is 3. The van der Waals surface area contributed by atoms with Gasteiger partial charge in [0.15, 0.2) is 0 Å². The summed E-state index contributed by atoms with van der Waals surface area (Å²) in [6.07, 6.45) is 1.64. The molecule has 154 valence electrons. The zero-order valence-corrected chi connectivity index (χ0v) is 16.7. The molecular weight excluding hydrogens is 364 g/mol. The third-order valence-electron chi connectivity index (χ3n) is 4.55. The number of rotatable bonds is 7. The molecule has 1 saturated heterocycles. The number of hydrogen-bond donors (Lipinski definition) is 2. The highest BCUT2D eigenvalue weighted by Crippen LogP contribution is 2.19. The molecule has 28 heavy (non-hydrogen) atoms. The Hall–Kier alpha value is -2.68. The lowest BCUT2D eigenvalue weighted by molar-refractivity contribution is -0.141. The Morgan fingerprint density at radius 2 is 1.96 bits per heavy atom. The van der Waals surface area contributed by atoms with Crippen molar-refractivity contribution in [2.75, 3.05) is 31.1 Å². The number of hydrogen-bond acceptors (Lipinski definition) is 6. The maximum Gasteiger partial charge on any atom is 0.326 e. The summed E-state index contributed by atoms with van der Waals surface area (Å²) in [4.78, 5) is 43.0. The van der Waals surface area contributed by atoms with Crippen LogP contribution in [0.1, 0.15) is 38.1 Å². The second-order valence-corrected chi connectivity index (χ2v) is 7.06. The predicted molar refractivity (Wildman–Crippen MR) is 103 cm³/mol. The van der Waals surface area contributed by atoms with Crippen molar-refractivity contribution >= 4 is 23.6 Å². The molecule has 0 saturated carbocycles. The van der Waals surface area contributed by atoms with Gasteiger partial charge >= 0.3 is 5.97 Å². The number of morpholine rings is 1. The molecule has 3 atom stereocenters. The summed E-state index contributed by atoms with van der Waals surface area (Å²) in [5, 5.41) is 11.9. The molecule has 0 bridgehead atoms. The van der Waals surface area contributed by atoms with Gasteiger partial charge < -0.3 is 25.0 Å². The number of nitrogens with one attached hydrogen (secondary N) is 1. The number of carboxylic acid groups (broad SMARTS) is 1. The molecule has 1 aliphatic heterocycles. The summed E-state index contributed by atoms with van der Waals surface area (Å²) in [5.74, 6) is -1.05. The smallest absolute Gasteiger partial charge is 0.326 e. The number of amides is 2. The van der Waals surface area contributed by atoms with E-state index in [2.05, 4.69) is 15.2 Å². The average Bonchev–Trinajstić information content (AvgIpc) is 2.63. The highest BCUT2D eigenvalue weighted by molar-refractivity contribution is 5.96. The van der Waals surface area contributed by atoms with Crippen LogP contribution in [0.2, 0.25) is 0 Å². The molecule has 1 aromatic heterocycles. The Morgan fingerprint density at radius 1 is 1.32 bits per heavy atom. The van der Waals surface area contributed by atoms with Crippen LogP contribution >= 0.6 is 0 Å². The van der Waals surface area contributed by atoms with Gasteiger partial charge in [0.2, 0.25) is 5.91 Å². The van der Waals surface area contributed by atoms with E-state index >= 15 is 0 Å². The third-order valence-corrected chi connectivity index (χ3v) is 4.55. The fraction of sp³-hybridized carbons (Fsp3) is 0.579. The first-order chi connectivity index (χ1) is 13.2. The molecule has 1 aromatic rings. The van der Waals surface area contributed by atoms with Crippen LogP contribution in [-0.2, 0) is 14.3 Å². The van der Waals surface area contributed by atoms with Gasteiger partial charge in [0, 0.05) is 39.3 Å². The first-order valence-corrected chi connectivity index (χ1v) is 9.33. The number of aromatic nitrogens is 1. The van der Waals surface area contributed by atoms with Crippen LogP contribution in [0.25, 0.3) is 0 Å². The van der Waals surface area contributed by atoms with Crippen LogP contribution in [0.4, 0.5) is 5.82 Å². The van der Waals surface area contributed by atoms with Crippen molar-refractivity contribution in [3.05, 3.63) is 23.9 Å². The molecule has 9 heteroatoms. The molecule has 0 spiro atoms. The third kappa shape index (κ3) is 5.66. The number of anilines is 1. The SMILES string of the molecule is CC(=O)NCCN(C(=O)c1ccc(N2CC(C)OC(C)C2)nc1)C(C)C(=O)O. The number of carboxylic acids is 1. The van der Waals surface area contributed by atoms with Gasteiger partial charge in [0.25, 0.3) is 5.91 Å². The predicted octanol–water partition coefficient (Wildman–Crippen LogP) is 0.747. The van der Waals surface area contributed by atoms with Crippen LogP contribution in [0, 0.1) is 0 Å². The second-order valence-electron chi connectivity index (χ2n) is 7.06. The van der Waals surface area contributed by atoms with E-state index < -0.39 is 17.9 Å². The summed E-state index contributed by atoms with van der Waals surface area (Å²) in [5.41, 5.74) is 0.300. The van der Waals surface area contributed by atoms with Crippen LogP contribution < -0.4 is 10.2 Å². The van der Waals surface area contributed by atoms with E-state index in [0.717, 1.165) is 5.82 Å². The molecule has 3 unspecified atom stereocenters. The number of carbonyl (C=O) groups is 3. The Kier molecular flexibility index (Phi) is 7.33. The van der Waals surface area contributed by atoms with E-state index in [1.54, 1.807) is 12.1 Å². The number of carbonyl (C=O) groups excluding carboxylic acids is 2. The van der Waals surface area contributed by atoms with Gasteiger partial charge in [-0.25, -0.2) is 9.78 Å². The zero-order chi connectivity index (χ0) is 20.8. The number of aliphatic carboxylic acids is 1. The quantitative estimate of drug-likeness (QED) is 0.704. The lowest BCUT2D eigenvalue weighted by Gasteiger charge is -2.36. The van der Waals surface area contributed by atoms with Gasteiger partial charge in [-0.3, -0.25) is 9.59 Å². The molecular formula is C19H28N4O5. The van der Waals surface area contributed by atoms with Crippen molar-refractivity contribution in [3.8, 4) is 0 Å². The molecule has 1 fully saturated rings. The largest absolute Gasteiger partial charge is 0.480 e. The first kappa shape index (κ1) is 21.6. The van der Waals surface area contributed by atoms with Crippen LogP contribution in [-0.4, -0.2) is 77.2 Å². The van der Waals surface area contributed by atoms with Crippen LogP contribution in [0.15, 0.2) is 18.3 Å². The maximum atomic E-state index is 12.8. The maximum absolute atomic E-state index is 12.8. The highest BCUT2D eigenvalue weighted by atomic mass is 16.5. The molecule has 9 nitrogen and oxygen atoms in total. The highest BCUT2D eigenvalue weighted by Gasteiger charge is 2.27. The molecule has 2 amide bonds. The fourth-order valence-corrected chi connectivity index (χ4v) is 3.19. The van der Waals surface area contributed by atoms with Gasteiger partial charge in [-0.15, -0.1) is 0 Å². The van der Waals surface area contributed by atoms with E-state index in [1.807, 2.05) is 13.8 Å².